The number of urea groups is 1. The fraction of sp³-hybridized carbons (Fsp3) is 0.556. The molecule has 1 atom stereocenters. The van der Waals surface area contributed by atoms with Crippen LogP contribution in [0.2, 0.25) is 0 Å². The zero-order chi connectivity index (χ0) is 17.5. The summed E-state index contributed by atoms with van der Waals surface area (Å²) < 4.78 is 5.33. The van der Waals surface area contributed by atoms with E-state index < -0.39 is 5.41 Å². The molecule has 6 heteroatoms. The summed E-state index contributed by atoms with van der Waals surface area (Å²) in [4.78, 5) is 28.8. The van der Waals surface area contributed by atoms with Gasteiger partial charge in [-0.2, -0.15) is 0 Å². The van der Waals surface area contributed by atoms with Crippen LogP contribution in [-0.2, 0) is 10.2 Å². The van der Waals surface area contributed by atoms with E-state index >= 15 is 0 Å². The van der Waals surface area contributed by atoms with Gasteiger partial charge in [0.25, 0.3) is 0 Å². The second-order valence-electron chi connectivity index (χ2n) is 7.08. The van der Waals surface area contributed by atoms with E-state index in [1.165, 1.54) is 0 Å². The quantitative estimate of drug-likeness (QED) is 0.921. The van der Waals surface area contributed by atoms with E-state index in [9.17, 15) is 9.59 Å². The Kier molecular flexibility index (Phi) is 4.15. The Bertz CT molecular complexity index is 673. The highest BCUT2D eigenvalue weighted by Gasteiger charge is 2.54. The first-order valence-corrected chi connectivity index (χ1v) is 8.38. The molecular formula is C18H25N3O3. The number of likely N-dealkylation sites (tertiary alicyclic amines) is 1. The number of anilines is 1. The number of hydrogen-bond donors (Lipinski definition) is 1. The van der Waals surface area contributed by atoms with Crippen LogP contribution in [-0.4, -0.2) is 50.6 Å². The lowest BCUT2D eigenvalue weighted by Crippen LogP contribution is -2.45. The number of hydrogen-bond acceptors (Lipinski definition) is 3. The van der Waals surface area contributed by atoms with Crippen LogP contribution in [0.25, 0.3) is 0 Å². The van der Waals surface area contributed by atoms with Crippen molar-refractivity contribution in [2.24, 2.45) is 5.92 Å². The number of ether oxygens (including phenoxy) is 1. The molecular weight excluding hydrogens is 306 g/mol. The Balaban J connectivity index is 1.87. The van der Waals surface area contributed by atoms with Gasteiger partial charge in [-0.25, -0.2) is 4.79 Å². The Morgan fingerprint density at radius 2 is 2.17 bits per heavy atom. The van der Waals surface area contributed by atoms with Crippen LogP contribution in [0.5, 0.6) is 5.75 Å². The smallest absolute Gasteiger partial charge is 0.317 e. The van der Waals surface area contributed by atoms with Crippen LogP contribution in [0.3, 0.4) is 0 Å². The lowest BCUT2D eigenvalue weighted by atomic mass is 9.81. The average Bonchev–Trinajstić information content (AvgIpc) is 3.11. The van der Waals surface area contributed by atoms with Crippen molar-refractivity contribution < 1.29 is 14.3 Å². The van der Waals surface area contributed by atoms with Crippen LogP contribution >= 0.6 is 0 Å². The summed E-state index contributed by atoms with van der Waals surface area (Å²) in [6, 6.07) is 5.63. The molecule has 0 bridgehead atoms. The van der Waals surface area contributed by atoms with Crippen molar-refractivity contribution in [3.8, 4) is 5.75 Å². The average molecular weight is 331 g/mol. The SMILES string of the molecule is COc1ccc2c(c1)C1(CCN(C(=O)NCC(C)C)C1)C(=O)N2C. The summed E-state index contributed by atoms with van der Waals surface area (Å²) in [6.45, 7) is 5.76. The van der Waals surface area contributed by atoms with Crippen molar-refractivity contribution in [3.05, 3.63) is 23.8 Å². The zero-order valence-electron chi connectivity index (χ0n) is 14.8. The molecule has 0 aromatic heterocycles. The predicted molar refractivity (Wildman–Crippen MR) is 92.5 cm³/mol. The molecule has 130 valence electrons. The number of carbonyl (C=O) groups is 2. The molecule has 1 N–H and O–H groups in total. The highest BCUT2D eigenvalue weighted by Crippen LogP contribution is 2.47. The second-order valence-corrected chi connectivity index (χ2v) is 7.08. The topological polar surface area (TPSA) is 61.9 Å². The molecule has 1 aromatic rings. The van der Waals surface area contributed by atoms with Gasteiger partial charge in [-0.15, -0.1) is 0 Å². The van der Waals surface area contributed by atoms with Gasteiger partial charge in [0.1, 0.15) is 5.75 Å². The molecule has 24 heavy (non-hydrogen) atoms. The van der Waals surface area contributed by atoms with E-state index in [0.717, 1.165) is 17.0 Å². The molecule has 0 saturated carbocycles. The van der Waals surface area contributed by atoms with Crippen molar-refractivity contribution in [2.75, 3.05) is 38.7 Å². The number of benzene rings is 1. The molecule has 2 heterocycles. The first-order chi connectivity index (χ1) is 11.4. The number of nitrogens with one attached hydrogen (secondary N) is 1. The van der Waals surface area contributed by atoms with Crippen LogP contribution < -0.4 is 15.0 Å². The first kappa shape index (κ1) is 16.6. The van der Waals surface area contributed by atoms with Gasteiger partial charge in [-0.1, -0.05) is 13.8 Å². The number of carbonyl (C=O) groups excluding carboxylic acids is 2. The largest absolute Gasteiger partial charge is 0.497 e. The molecule has 0 aliphatic carbocycles. The maximum absolute atomic E-state index is 12.9. The summed E-state index contributed by atoms with van der Waals surface area (Å²) in [5.74, 6) is 1.19. The van der Waals surface area contributed by atoms with Gasteiger partial charge >= 0.3 is 6.03 Å². The van der Waals surface area contributed by atoms with E-state index in [1.807, 2.05) is 18.2 Å². The number of fused-ring (bicyclic) bond motifs is 2. The van der Waals surface area contributed by atoms with E-state index in [-0.39, 0.29) is 11.9 Å². The van der Waals surface area contributed by atoms with Gasteiger partial charge in [0.2, 0.25) is 5.91 Å². The third kappa shape index (κ3) is 2.50. The maximum Gasteiger partial charge on any atom is 0.317 e. The molecule has 0 radical (unpaired) electrons. The highest BCUT2D eigenvalue weighted by molar-refractivity contribution is 6.08. The van der Waals surface area contributed by atoms with Crippen LogP contribution in [0.1, 0.15) is 25.8 Å². The van der Waals surface area contributed by atoms with Crippen molar-refractivity contribution in [1.82, 2.24) is 10.2 Å². The predicted octanol–water partition coefficient (Wildman–Crippen LogP) is 1.98. The van der Waals surface area contributed by atoms with Crippen molar-refractivity contribution in [3.63, 3.8) is 0 Å². The van der Waals surface area contributed by atoms with Crippen LogP contribution in [0.15, 0.2) is 18.2 Å². The van der Waals surface area contributed by atoms with Gasteiger partial charge in [-0.05, 0) is 36.1 Å². The second kappa shape index (κ2) is 6.00. The summed E-state index contributed by atoms with van der Waals surface area (Å²) in [5.41, 5.74) is 1.23. The minimum absolute atomic E-state index is 0.0601. The number of nitrogens with zero attached hydrogens (tertiary/aromatic N) is 2. The number of rotatable bonds is 3. The molecule has 1 aromatic carbocycles. The van der Waals surface area contributed by atoms with Crippen molar-refractivity contribution >= 4 is 17.6 Å². The molecule has 2 aliphatic rings. The molecule has 1 unspecified atom stereocenters. The fourth-order valence-electron chi connectivity index (χ4n) is 3.64. The summed E-state index contributed by atoms with van der Waals surface area (Å²) in [6.07, 6.45) is 0.644. The molecule has 3 amide bonds. The monoisotopic (exact) mass is 331 g/mol. The lowest BCUT2D eigenvalue weighted by molar-refractivity contribution is -0.122. The van der Waals surface area contributed by atoms with E-state index in [2.05, 4.69) is 19.2 Å². The molecule has 3 rings (SSSR count). The molecule has 1 spiro atoms. The Morgan fingerprint density at radius 1 is 1.42 bits per heavy atom. The third-order valence-corrected chi connectivity index (χ3v) is 5.01. The van der Waals surface area contributed by atoms with E-state index in [1.54, 1.807) is 24.0 Å². The van der Waals surface area contributed by atoms with Gasteiger partial charge < -0.3 is 19.9 Å². The zero-order valence-corrected chi connectivity index (χ0v) is 14.8. The Morgan fingerprint density at radius 3 is 2.83 bits per heavy atom. The molecule has 1 saturated heterocycles. The minimum Gasteiger partial charge on any atom is -0.497 e. The first-order valence-electron chi connectivity index (χ1n) is 8.38. The fourth-order valence-corrected chi connectivity index (χ4v) is 3.64. The number of likely N-dealkylation sites (N-methyl/N-ethyl adjacent to an activating group) is 1. The summed E-state index contributed by atoms with van der Waals surface area (Å²) >= 11 is 0. The van der Waals surface area contributed by atoms with Gasteiger partial charge in [0.15, 0.2) is 0 Å². The summed E-state index contributed by atoms with van der Waals surface area (Å²) in [7, 11) is 3.42. The lowest BCUT2D eigenvalue weighted by Gasteiger charge is -2.24. The molecule has 2 aliphatic heterocycles. The van der Waals surface area contributed by atoms with E-state index in [4.69, 9.17) is 4.74 Å². The molecule has 1 fully saturated rings. The van der Waals surface area contributed by atoms with Crippen LogP contribution in [0, 0.1) is 5.92 Å². The Hall–Kier alpha value is -2.24. The van der Waals surface area contributed by atoms with Crippen molar-refractivity contribution in [2.45, 2.75) is 25.7 Å². The maximum atomic E-state index is 12.9. The van der Waals surface area contributed by atoms with E-state index in [0.29, 0.717) is 32.0 Å². The number of amides is 3. The standard InChI is InChI=1S/C18H25N3O3/c1-12(2)10-19-17(23)21-8-7-18(11-21)14-9-13(24-4)5-6-15(14)20(3)16(18)22/h5-6,9,12H,7-8,10-11H2,1-4H3,(H,19,23). The Labute approximate surface area is 142 Å². The van der Waals surface area contributed by atoms with Crippen molar-refractivity contribution in [1.29, 1.82) is 0 Å². The third-order valence-electron chi connectivity index (χ3n) is 5.01. The number of methoxy groups -OCH3 is 1. The highest BCUT2D eigenvalue weighted by atomic mass is 16.5. The van der Waals surface area contributed by atoms with Gasteiger partial charge in [0.05, 0.1) is 12.5 Å². The van der Waals surface area contributed by atoms with Gasteiger partial charge in [-0.3, -0.25) is 4.79 Å². The van der Waals surface area contributed by atoms with Gasteiger partial charge in [0, 0.05) is 32.4 Å². The summed E-state index contributed by atoms with van der Waals surface area (Å²) in [5, 5.41) is 2.94. The molecule has 6 nitrogen and oxygen atoms in total. The van der Waals surface area contributed by atoms with Crippen LogP contribution in [0.4, 0.5) is 10.5 Å². The minimum atomic E-state index is -0.645. The normalized spacial score (nSPS) is 22.5.